The van der Waals surface area contributed by atoms with Gasteiger partial charge in [-0.3, -0.25) is 4.68 Å². The van der Waals surface area contributed by atoms with Gasteiger partial charge in [0.05, 0.1) is 11.4 Å². The van der Waals surface area contributed by atoms with Crippen molar-refractivity contribution in [2.24, 2.45) is 7.05 Å². The summed E-state index contributed by atoms with van der Waals surface area (Å²) in [5.74, 6) is 1.14. The van der Waals surface area contributed by atoms with Crippen molar-refractivity contribution >= 4 is 5.82 Å². The molecule has 0 aliphatic heterocycles. The van der Waals surface area contributed by atoms with Gasteiger partial charge in [-0.25, -0.2) is 9.67 Å². The van der Waals surface area contributed by atoms with Gasteiger partial charge in [-0.15, -0.1) is 0 Å². The van der Waals surface area contributed by atoms with Crippen molar-refractivity contribution in [3.8, 4) is 5.69 Å². The van der Waals surface area contributed by atoms with E-state index in [1.807, 2.05) is 25.8 Å². The van der Waals surface area contributed by atoms with Crippen LogP contribution in [0.25, 0.3) is 5.69 Å². The van der Waals surface area contributed by atoms with Crippen LogP contribution in [-0.2, 0) is 13.6 Å². The van der Waals surface area contributed by atoms with Crippen molar-refractivity contribution in [1.29, 1.82) is 0 Å². The first-order chi connectivity index (χ1) is 12.0. The fourth-order valence-corrected chi connectivity index (χ4v) is 3.09. The van der Waals surface area contributed by atoms with Crippen molar-refractivity contribution in [2.75, 3.05) is 19.0 Å². The molecule has 0 spiro atoms. The number of rotatable bonds is 6. The second kappa shape index (κ2) is 7.06. The third kappa shape index (κ3) is 3.56. The van der Waals surface area contributed by atoms with Gasteiger partial charge in [0, 0.05) is 39.3 Å². The highest BCUT2D eigenvalue weighted by Gasteiger charge is 2.16. The van der Waals surface area contributed by atoms with Crippen molar-refractivity contribution in [3.63, 3.8) is 0 Å². The van der Waals surface area contributed by atoms with Crippen molar-refractivity contribution in [3.05, 3.63) is 53.7 Å². The molecular weight excluding hydrogens is 314 g/mol. The third-order valence-corrected chi connectivity index (χ3v) is 4.40. The highest BCUT2D eigenvalue weighted by molar-refractivity contribution is 5.49. The molecule has 25 heavy (non-hydrogen) atoms. The fraction of sp³-hybridized carbons (Fsp3) is 0.389. The average Bonchev–Trinajstić information content (AvgIpc) is 3.20. The Morgan fingerprint density at radius 1 is 1.20 bits per heavy atom. The lowest BCUT2D eigenvalue weighted by Crippen LogP contribution is -2.21. The maximum Gasteiger partial charge on any atom is 0.138 e. The van der Waals surface area contributed by atoms with Crippen molar-refractivity contribution < 1.29 is 0 Å². The first-order valence-electron chi connectivity index (χ1n) is 8.35. The number of benzene rings is 1. The zero-order valence-corrected chi connectivity index (χ0v) is 15.4. The predicted octanol–water partition coefficient (Wildman–Crippen LogP) is 2.23. The Labute approximate surface area is 148 Å². The van der Waals surface area contributed by atoms with Crippen molar-refractivity contribution in [1.82, 2.24) is 29.9 Å². The monoisotopic (exact) mass is 339 g/mol. The smallest absolute Gasteiger partial charge is 0.138 e. The SMILES string of the molecule is Cc1nn(C)c(N(C)C)c1CNC(C)c1ccc(-n2cncn2)cc1. The third-order valence-electron chi connectivity index (χ3n) is 4.40. The lowest BCUT2D eigenvalue weighted by atomic mass is 10.1. The van der Waals surface area contributed by atoms with Crippen LogP contribution < -0.4 is 10.2 Å². The van der Waals surface area contributed by atoms with Crippen LogP contribution in [0.2, 0.25) is 0 Å². The van der Waals surface area contributed by atoms with E-state index >= 15 is 0 Å². The maximum absolute atomic E-state index is 4.54. The van der Waals surface area contributed by atoms with Gasteiger partial charge in [0.2, 0.25) is 0 Å². The predicted molar refractivity (Wildman–Crippen MR) is 98.9 cm³/mol. The molecule has 0 amide bonds. The zero-order valence-electron chi connectivity index (χ0n) is 15.4. The molecule has 1 N–H and O–H groups in total. The molecule has 1 atom stereocenters. The van der Waals surface area contributed by atoms with E-state index in [-0.39, 0.29) is 6.04 Å². The van der Waals surface area contributed by atoms with Crippen molar-refractivity contribution in [2.45, 2.75) is 26.4 Å². The molecule has 2 heterocycles. The summed E-state index contributed by atoms with van der Waals surface area (Å²) in [4.78, 5) is 6.09. The first-order valence-corrected chi connectivity index (χ1v) is 8.35. The minimum atomic E-state index is 0.236. The summed E-state index contributed by atoms with van der Waals surface area (Å²) in [6.45, 7) is 5.01. The van der Waals surface area contributed by atoms with Crippen LogP contribution in [0.3, 0.4) is 0 Å². The summed E-state index contributed by atoms with van der Waals surface area (Å²) in [6.07, 6.45) is 3.24. The molecule has 7 nitrogen and oxygen atoms in total. The van der Waals surface area contributed by atoms with E-state index < -0.39 is 0 Å². The molecule has 1 unspecified atom stereocenters. The Kier molecular flexibility index (Phi) is 4.85. The maximum atomic E-state index is 4.54. The van der Waals surface area contributed by atoms with Crippen LogP contribution in [0, 0.1) is 6.92 Å². The van der Waals surface area contributed by atoms with Gasteiger partial charge in [0.15, 0.2) is 0 Å². The van der Waals surface area contributed by atoms with Crippen LogP contribution >= 0.6 is 0 Å². The van der Waals surface area contributed by atoms with E-state index in [4.69, 9.17) is 0 Å². The van der Waals surface area contributed by atoms with E-state index in [1.54, 1.807) is 11.0 Å². The molecule has 132 valence electrons. The van der Waals surface area contributed by atoms with Gasteiger partial charge in [0.1, 0.15) is 18.5 Å². The Morgan fingerprint density at radius 3 is 2.52 bits per heavy atom. The molecule has 3 rings (SSSR count). The molecular formula is C18H25N7. The lowest BCUT2D eigenvalue weighted by molar-refractivity contribution is 0.573. The minimum Gasteiger partial charge on any atom is -0.363 e. The molecule has 3 aromatic rings. The Morgan fingerprint density at radius 2 is 1.92 bits per heavy atom. The van der Waals surface area contributed by atoms with E-state index in [9.17, 15) is 0 Å². The molecule has 0 aliphatic carbocycles. The van der Waals surface area contributed by atoms with E-state index in [1.165, 1.54) is 17.5 Å². The molecule has 0 aliphatic rings. The second-order valence-corrected chi connectivity index (χ2v) is 6.44. The normalized spacial score (nSPS) is 12.4. The van der Waals surface area contributed by atoms with E-state index in [2.05, 4.69) is 63.5 Å². The number of hydrogen-bond donors (Lipinski definition) is 1. The molecule has 2 aromatic heterocycles. The minimum absolute atomic E-state index is 0.236. The van der Waals surface area contributed by atoms with Crippen LogP contribution in [0.1, 0.15) is 29.8 Å². The Bertz CT molecular complexity index is 816. The standard InChI is InChI=1S/C18H25N7/c1-13(15-6-8-16(9-7-15)25-12-19-11-21-25)20-10-17-14(2)22-24(5)18(17)23(3)4/h6-9,11-13,20H,10H2,1-5H3. The van der Waals surface area contributed by atoms with Gasteiger partial charge < -0.3 is 10.2 Å². The molecule has 0 radical (unpaired) electrons. The summed E-state index contributed by atoms with van der Waals surface area (Å²) in [6, 6.07) is 8.60. The first kappa shape index (κ1) is 17.2. The van der Waals surface area contributed by atoms with Gasteiger partial charge >= 0.3 is 0 Å². The fourth-order valence-electron chi connectivity index (χ4n) is 3.09. The van der Waals surface area contributed by atoms with E-state index in [0.717, 1.165) is 23.7 Å². The number of anilines is 1. The average molecular weight is 339 g/mol. The summed E-state index contributed by atoms with van der Waals surface area (Å²) in [5, 5.41) is 12.3. The zero-order chi connectivity index (χ0) is 18.0. The quantitative estimate of drug-likeness (QED) is 0.746. The van der Waals surface area contributed by atoms with Crippen LogP contribution in [0.15, 0.2) is 36.9 Å². The Hall–Kier alpha value is -2.67. The lowest BCUT2D eigenvalue weighted by Gasteiger charge is -2.18. The summed E-state index contributed by atoms with van der Waals surface area (Å²) in [7, 11) is 6.08. The second-order valence-electron chi connectivity index (χ2n) is 6.44. The molecule has 0 bridgehead atoms. The number of hydrogen-bond acceptors (Lipinski definition) is 5. The molecule has 1 aromatic carbocycles. The number of aromatic nitrogens is 5. The van der Waals surface area contributed by atoms with Crippen LogP contribution in [0.4, 0.5) is 5.82 Å². The topological polar surface area (TPSA) is 63.8 Å². The summed E-state index contributed by atoms with van der Waals surface area (Å²) in [5.41, 5.74) is 4.54. The molecule has 0 fully saturated rings. The Balaban J connectivity index is 1.70. The highest BCUT2D eigenvalue weighted by Crippen LogP contribution is 2.22. The van der Waals surface area contributed by atoms with Gasteiger partial charge in [-0.05, 0) is 31.5 Å². The van der Waals surface area contributed by atoms with Gasteiger partial charge in [-0.2, -0.15) is 10.2 Å². The largest absolute Gasteiger partial charge is 0.363 e. The number of nitrogens with one attached hydrogen (secondary N) is 1. The molecule has 0 saturated carbocycles. The molecule has 0 saturated heterocycles. The number of nitrogens with zero attached hydrogens (tertiary/aromatic N) is 6. The molecule has 7 heteroatoms. The van der Waals surface area contributed by atoms with Gasteiger partial charge in [0.25, 0.3) is 0 Å². The van der Waals surface area contributed by atoms with Gasteiger partial charge in [-0.1, -0.05) is 12.1 Å². The summed E-state index contributed by atoms with van der Waals surface area (Å²) < 4.78 is 3.69. The summed E-state index contributed by atoms with van der Waals surface area (Å²) >= 11 is 0. The van der Waals surface area contributed by atoms with E-state index in [0.29, 0.717) is 0 Å². The van der Waals surface area contributed by atoms with Crippen LogP contribution in [-0.4, -0.2) is 38.6 Å². The highest BCUT2D eigenvalue weighted by atomic mass is 15.4. The number of aryl methyl sites for hydroxylation is 2. The van der Waals surface area contributed by atoms with Crippen LogP contribution in [0.5, 0.6) is 0 Å².